The van der Waals surface area contributed by atoms with Crippen LogP contribution in [0.1, 0.15) is 18.9 Å². The lowest BCUT2D eigenvalue weighted by atomic mass is 9.79. The Labute approximate surface area is 88.6 Å². The Morgan fingerprint density at radius 2 is 1.87 bits per heavy atom. The quantitative estimate of drug-likeness (QED) is 0.761. The molecule has 15 heavy (non-hydrogen) atoms. The predicted molar refractivity (Wildman–Crippen MR) is 57.6 cm³/mol. The van der Waals surface area contributed by atoms with Gasteiger partial charge in [0.2, 0.25) is 0 Å². The highest BCUT2D eigenvalue weighted by Crippen LogP contribution is 2.28. The second kappa shape index (κ2) is 4.53. The van der Waals surface area contributed by atoms with Gasteiger partial charge in [0, 0.05) is 18.0 Å². The van der Waals surface area contributed by atoms with Crippen molar-refractivity contribution in [3.63, 3.8) is 0 Å². The van der Waals surface area contributed by atoms with E-state index < -0.39 is 17.0 Å². The molecule has 0 heterocycles. The minimum absolute atomic E-state index is 0.321. The van der Waals surface area contributed by atoms with E-state index in [0.29, 0.717) is 18.5 Å². The lowest BCUT2D eigenvalue weighted by Gasteiger charge is -2.27. The molecule has 2 N–H and O–H groups in total. The molecular weight excluding hydrogens is 196 g/mol. The normalized spacial score (nSPS) is 14.7. The molecule has 1 atom stereocenters. The summed E-state index contributed by atoms with van der Waals surface area (Å²) in [7, 11) is 0. The second-order valence-corrected chi connectivity index (χ2v) is 3.92. The van der Waals surface area contributed by atoms with Gasteiger partial charge in [-0.1, -0.05) is 13.0 Å². The van der Waals surface area contributed by atoms with E-state index in [1.165, 1.54) is 12.1 Å². The van der Waals surface area contributed by atoms with Gasteiger partial charge in [-0.3, -0.25) is 0 Å². The third-order valence-electron chi connectivity index (χ3n) is 2.60. The molecule has 82 valence electrons. The van der Waals surface area contributed by atoms with E-state index in [-0.39, 0.29) is 0 Å². The van der Waals surface area contributed by atoms with Crippen molar-refractivity contribution in [2.45, 2.75) is 18.8 Å². The fourth-order valence-corrected chi connectivity index (χ4v) is 1.54. The summed E-state index contributed by atoms with van der Waals surface area (Å²) in [5.41, 5.74) is 5.75. The van der Waals surface area contributed by atoms with Crippen LogP contribution >= 0.6 is 0 Å². The Hall–Kier alpha value is -1.22. The van der Waals surface area contributed by atoms with Gasteiger partial charge in [0.1, 0.15) is 11.6 Å². The van der Waals surface area contributed by atoms with Crippen molar-refractivity contribution in [2.24, 2.45) is 5.73 Å². The fourth-order valence-electron chi connectivity index (χ4n) is 1.54. The molecule has 1 nitrogen and oxygen atoms in total. The summed E-state index contributed by atoms with van der Waals surface area (Å²) < 4.78 is 26.1. The highest BCUT2D eigenvalue weighted by atomic mass is 19.1. The molecule has 1 aromatic carbocycles. The number of nitrogens with two attached hydrogens (primary N) is 1. The fraction of sp³-hybridized carbons (Fsp3) is 0.333. The Morgan fingerprint density at radius 3 is 2.27 bits per heavy atom. The minimum atomic E-state index is -0.575. The van der Waals surface area contributed by atoms with Crippen molar-refractivity contribution in [3.05, 3.63) is 48.1 Å². The molecule has 0 aliphatic heterocycles. The highest BCUT2D eigenvalue weighted by molar-refractivity contribution is 5.27. The van der Waals surface area contributed by atoms with E-state index in [4.69, 9.17) is 5.73 Å². The average molecular weight is 211 g/mol. The summed E-state index contributed by atoms with van der Waals surface area (Å²) in [6.07, 6.45) is 2.29. The Balaban J connectivity index is 3.16. The van der Waals surface area contributed by atoms with Crippen LogP contribution in [0.15, 0.2) is 30.9 Å². The maximum absolute atomic E-state index is 13.0. The van der Waals surface area contributed by atoms with Gasteiger partial charge in [-0.25, -0.2) is 8.78 Å². The molecule has 1 rings (SSSR count). The third kappa shape index (κ3) is 2.63. The van der Waals surface area contributed by atoms with Crippen molar-refractivity contribution in [1.82, 2.24) is 0 Å². The largest absolute Gasteiger partial charge is 0.330 e. The zero-order valence-electron chi connectivity index (χ0n) is 8.76. The first-order chi connectivity index (χ1) is 7.01. The van der Waals surface area contributed by atoms with Crippen LogP contribution < -0.4 is 5.73 Å². The molecule has 0 radical (unpaired) electrons. The summed E-state index contributed by atoms with van der Waals surface area (Å²) in [4.78, 5) is 0. The standard InChI is InChI=1S/C12H15F2N/c1-3-4-12(2,8-15)9-5-10(13)7-11(14)6-9/h3,5-7H,1,4,8,15H2,2H3. The van der Waals surface area contributed by atoms with Gasteiger partial charge in [-0.05, 0) is 24.1 Å². The number of rotatable bonds is 4. The van der Waals surface area contributed by atoms with Crippen LogP contribution in [-0.2, 0) is 5.41 Å². The molecular formula is C12H15F2N. The van der Waals surface area contributed by atoms with E-state index in [1.807, 2.05) is 6.92 Å². The topological polar surface area (TPSA) is 26.0 Å². The van der Waals surface area contributed by atoms with Gasteiger partial charge in [0.05, 0.1) is 0 Å². The number of allylic oxidation sites excluding steroid dienone is 1. The van der Waals surface area contributed by atoms with Crippen LogP contribution in [0.25, 0.3) is 0 Å². The van der Waals surface area contributed by atoms with E-state index in [1.54, 1.807) is 6.08 Å². The van der Waals surface area contributed by atoms with Crippen molar-refractivity contribution in [2.75, 3.05) is 6.54 Å². The molecule has 0 aliphatic rings. The predicted octanol–water partition coefficient (Wildman–Crippen LogP) is 2.76. The Morgan fingerprint density at radius 1 is 1.33 bits per heavy atom. The SMILES string of the molecule is C=CCC(C)(CN)c1cc(F)cc(F)c1. The summed E-state index contributed by atoms with van der Waals surface area (Å²) in [6, 6.07) is 3.49. The maximum Gasteiger partial charge on any atom is 0.126 e. The van der Waals surface area contributed by atoms with Crippen molar-refractivity contribution in [3.8, 4) is 0 Å². The van der Waals surface area contributed by atoms with E-state index in [2.05, 4.69) is 6.58 Å². The van der Waals surface area contributed by atoms with Gasteiger partial charge in [-0.2, -0.15) is 0 Å². The number of benzene rings is 1. The Kier molecular flexibility index (Phi) is 3.58. The van der Waals surface area contributed by atoms with Crippen LogP contribution in [0.2, 0.25) is 0 Å². The molecule has 0 bridgehead atoms. The summed E-state index contributed by atoms with van der Waals surface area (Å²) in [5, 5.41) is 0. The molecule has 0 aliphatic carbocycles. The number of hydrogen-bond acceptors (Lipinski definition) is 1. The molecule has 0 saturated heterocycles. The van der Waals surface area contributed by atoms with Crippen LogP contribution in [0, 0.1) is 11.6 Å². The lowest BCUT2D eigenvalue weighted by molar-refractivity contribution is 0.479. The second-order valence-electron chi connectivity index (χ2n) is 3.92. The van der Waals surface area contributed by atoms with Crippen molar-refractivity contribution in [1.29, 1.82) is 0 Å². The minimum Gasteiger partial charge on any atom is -0.330 e. The molecule has 0 amide bonds. The molecule has 3 heteroatoms. The van der Waals surface area contributed by atoms with Gasteiger partial charge >= 0.3 is 0 Å². The van der Waals surface area contributed by atoms with Crippen molar-refractivity contribution >= 4 is 0 Å². The molecule has 1 unspecified atom stereocenters. The first-order valence-electron chi connectivity index (χ1n) is 4.79. The van der Waals surface area contributed by atoms with E-state index >= 15 is 0 Å². The van der Waals surface area contributed by atoms with Gasteiger partial charge < -0.3 is 5.73 Å². The van der Waals surface area contributed by atoms with Gasteiger partial charge in [0.15, 0.2) is 0 Å². The summed E-state index contributed by atoms with van der Waals surface area (Å²) in [6.45, 7) is 5.81. The molecule has 0 aromatic heterocycles. The van der Waals surface area contributed by atoms with E-state index in [0.717, 1.165) is 6.07 Å². The van der Waals surface area contributed by atoms with Gasteiger partial charge in [0.25, 0.3) is 0 Å². The van der Waals surface area contributed by atoms with Crippen LogP contribution in [0.4, 0.5) is 8.78 Å². The van der Waals surface area contributed by atoms with E-state index in [9.17, 15) is 8.78 Å². The first-order valence-corrected chi connectivity index (χ1v) is 4.79. The monoisotopic (exact) mass is 211 g/mol. The summed E-state index contributed by atoms with van der Waals surface area (Å²) >= 11 is 0. The maximum atomic E-state index is 13.0. The zero-order chi connectivity index (χ0) is 11.5. The number of halogens is 2. The third-order valence-corrected chi connectivity index (χ3v) is 2.60. The van der Waals surface area contributed by atoms with Crippen LogP contribution in [-0.4, -0.2) is 6.54 Å². The first kappa shape index (κ1) is 11.9. The molecule has 0 saturated carbocycles. The average Bonchev–Trinajstić information content (AvgIpc) is 2.16. The van der Waals surface area contributed by atoms with Crippen LogP contribution in [0.3, 0.4) is 0 Å². The number of hydrogen-bond donors (Lipinski definition) is 1. The van der Waals surface area contributed by atoms with Crippen LogP contribution in [0.5, 0.6) is 0 Å². The van der Waals surface area contributed by atoms with Gasteiger partial charge in [-0.15, -0.1) is 6.58 Å². The smallest absolute Gasteiger partial charge is 0.126 e. The lowest BCUT2D eigenvalue weighted by Crippen LogP contribution is -2.31. The highest BCUT2D eigenvalue weighted by Gasteiger charge is 2.24. The molecule has 1 aromatic rings. The summed E-state index contributed by atoms with van der Waals surface area (Å²) in [5.74, 6) is -1.15. The Bertz CT molecular complexity index is 342. The zero-order valence-corrected chi connectivity index (χ0v) is 8.76. The molecule has 0 spiro atoms. The van der Waals surface area contributed by atoms with Crippen molar-refractivity contribution < 1.29 is 8.78 Å². The molecule has 0 fully saturated rings.